The van der Waals surface area contributed by atoms with Crippen molar-refractivity contribution in [1.82, 2.24) is 19.6 Å². The van der Waals surface area contributed by atoms with E-state index in [1.54, 1.807) is 30.8 Å². The van der Waals surface area contributed by atoms with Crippen molar-refractivity contribution in [1.29, 1.82) is 0 Å². The third-order valence-corrected chi connectivity index (χ3v) is 4.91. The number of aromatic hydroxyl groups is 1. The zero-order valence-electron chi connectivity index (χ0n) is 14.9. The second-order valence-corrected chi connectivity index (χ2v) is 6.61. The van der Waals surface area contributed by atoms with Gasteiger partial charge in [-0.1, -0.05) is 6.58 Å². The maximum atomic E-state index is 15.0. The van der Waals surface area contributed by atoms with Crippen LogP contribution >= 0.6 is 0 Å². The van der Waals surface area contributed by atoms with Gasteiger partial charge in [-0.3, -0.25) is 0 Å². The molecule has 1 aliphatic heterocycles. The first-order chi connectivity index (χ1) is 12.5. The van der Waals surface area contributed by atoms with Crippen molar-refractivity contribution in [3.05, 3.63) is 35.9 Å². The van der Waals surface area contributed by atoms with Crippen LogP contribution in [0, 0.1) is 12.7 Å². The maximum absolute atomic E-state index is 15.0. The van der Waals surface area contributed by atoms with E-state index in [0.29, 0.717) is 34.6 Å². The van der Waals surface area contributed by atoms with Gasteiger partial charge >= 0.3 is 0 Å². The lowest BCUT2D eigenvalue weighted by Gasteiger charge is -2.23. The highest BCUT2D eigenvalue weighted by molar-refractivity contribution is 5.92. The van der Waals surface area contributed by atoms with Gasteiger partial charge in [-0.15, -0.1) is 0 Å². The lowest BCUT2D eigenvalue weighted by molar-refractivity contribution is -0.0367. The van der Waals surface area contributed by atoms with Crippen molar-refractivity contribution >= 4 is 17.0 Å². The van der Waals surface area contributed by atoms with E-state index in [0.717, 1.165) is 24.6 Å². The molecule has 4 rings (SSSR count). The fourth-order valence-corrected chi connectivity index (χ4v) is 3.62. The number of aryl methyl sites for hydroxylation is 2. The Hall–Kier alpha value is -2.67. The van der Waals surface area contributed by atoms with Crippen molar-refractivity contribution in [3.8, 4) is 17.0 Å². The Kier molecular flexibility index (Phi) is 4.03. The normalized spacial score (nSPS) is 17.7. The van der Waals surface area contributed by atoms with E-state index < -0.39 is 5.82 Å². The van der Waals surface area contributed by atoms with Gasteiger partial charge in [0.15, 0.2) is 6.23 Å². The molecule has 0 amide bonds. The molecular formula is C19H21FN4O2. The van der Waals surface area contributed by atoms with Crippen LogP contribution < -0.4 is 0 Å². The summed E-state index contributed by atoms with van der Waals surface area (Å²) in [6.07, 6.45) is 4.39. The van der Waals surface area contributed by atoms with E-state index in [4.69, 9.17) is 4.74 Å². The fraction of sp³-hybridized carbons (Fsp3) is 0.368. The average Bonchev–Trinajstić information content (AvgIpc) is 3.11. The lowest BCUT2D eigenvalue weighted by atomic mass is 10.0. The van der Waals surface area contributed by atoms with Crippen LogP contribution in [0.2, 0.25) is 0 Å². The third kappa shape index (κ3) is 2.50. The summed E-state index contributed by atoms with van der Waals surface area (Å²) in [5.74, 6) is -0.500. The Morgan fingerprint density at radius 2 is 2.15 bits per heavy atom. The standard InChI is InChI=1S/C19H21FN4O2/c1-4-15-13-9-12(18-11(2)21-23(3)19(18)25)14(20)10-16(13)24(22-15)17-7-5-6-8-26-17/h4,9-10,17,25H,1,5-8H2,2-3H3. The molecule has 0 radical (unpaired) electrons. The van der Waals surface area contributed by atoms with Crippen LogP contribution in [0.1, 0.15) is 36.9 Å². The van der Waals surface area contributed by atoms with Crippen molar-refractivity contribution in [2.45, 2.75) is 32.4 Å². The molecule has 7 heteroatoms. The fourth-order valence-electron chi connectivity index (χ4n) is 3.62. The monoisotopic (exact) mass is 356 g/mol. The Balaban J connectivity index is 1.93. The molecule has 3 aromatic rings. The van der Waals surface area contributed by atoms with Gasteiger partial charge in [0.2, 0.25) is 5.88 Å². The zero-order chi connectivity index (χ0) is 18.4. The van der Waals surface area contributed by atoms with E-state index in [1.165, 1.54) is 10.7 Å². The molecule has 1 saturated heterocycles. The molecule has 1 unspecified atom stereocenters. The molecule has 6 nitrogen and oxygen atoms in total. The van der Waals surface area contributed by atoms with Crippen molar-refractivity contribution in [2.75, 3.05) is 6.61 Å². The van der Waals surface area contributed by atoms with Crippen molar-refractivity contribution < 1.29 is 14.2 Å². The Labute approximate surface area is 150 Å². The van der Waals surface area contributed by atoms with Gasteiger partial charge in [0, 0.05) is 30.7 Å². The van der Waals surface area contributed by atoms with Gasteiger partial charge in [0.25, 0.3) is 0 Å². The summed E-state index contributed by atoms with van der Waals surface area (Å²) in [5.41, 5.74) is 2.58. The minimum atomic E-state index is -0.434. The first-order valence-electron chi connectivity index (χ1n) is 8.70. The molecule has 1 atom stereocenters. The highest BCUT2D eigenvalue weighted by Crippen LogP contribution is 2.37. The largest absolute Gasteiger partial charge is 0.493 e. The van der Waals surface area contributed by atoms with Gasteiger partial charge in [-0.2, -0.15) is 10.2 Å². The summed E-state index contributed by atoms with van der Waals surface area (Å²) >= 11 is 0. The van der Waals surface area contributed by atoms with E-state index in [2.05, 4.69) is 16.8 Å². The van der Waals surface area contributed by atoms with Crippen LogP contribution in [-0.4, -0.2) is 31.3 Å². The van der Waals surface area contributed by atoms with Gasteiger partial charge in [0.05, 0.1) is 22.5 Å². The summed E-state index contributed by atoms with van der Waals surface area (Å²) in [6, 6.07) is 3.16. The maximum Gasteiger partial charge on any atom is 0.217 e. The second-order valence-electron chi connectivity index (χ2n) is 6.61. The second kappa shape index (κ2) is 6.25. The number of rotatable bonds is 3. The number of halogens is 1. The molecule has 26 heavy (non-hydrogen) atoms. The Morgan fingerprint density at radius 3 is 2.77 bits per heavy atom. The molecule has 0 bridgehead atoms. The number of nitrogens with zero attached hydrogens (tertiary/aromatic N) is 4. The number of benzene rings is 1. The van der Waals surface area contributed by atoms with Crippen LogP contribution in [0.25, 0.3) is 28.1 Å². The predicted molar refractivity (Wildman–Crippen MR) is 97.2 cm³/mol. The summed E-state index contributed by atoms with van der Waals surface area (Å²) in [4.78, 5) is 0. The van der Waals surface area contributed by atoms with E-state index >= 15 is 0 Å². The number of fused-ring (bicyclic) bond motifs is 1. The summed E-state index contributed by atoms with van der Waals surface area (Å²) in [7, 11) is 1.62. The average molecular weight is 356 g/mol. The zero-order valence-corrected chi connectivity index (χ0v) is 14.9. The van der Waals surface area contributed by atoms with Gasteiger partial charge in [0.1, 0.15) is 5.82 Å². The van der Waals surface area contributed by atoms with Crippen molar-refractivity contribution in [2.24, 2.45) is 7.05 Å². The number of hydrogen-bond acceptors (Lipinski definition) is 4. The first-order valence-corrected chi connectivity index (χ1v) is 8.70. The minimum absolute atomic E-state index is 0.0658. The third-order valence-electron chi connectivity index (χ3n) is 4.91. The molecule has 1 N–H and O–H groups in total. The van der Waals surface area contributed by atoms with E-state index in [1.807, 2.05) is 0 Å². The Morgan fingerprint density at radius 1 is 1.35 bits per heavy atom. The van der Waals surface area contributed by atoms with E-state index in [-0.39, 0.29) is 12.1 Å². The van der Waals surface area contributed by atoms with Gasteiger partial charge in [-0.05, 0) is 38.3 Å². The number of aromatic nitrogens is 4. The van der Waals surface area contributed by atoms with Crippen LogP contribution in [0.3, 0.4) is 0 Å². The highest BCUT2D eigenvalue weighted by Gasteiger charge is 2.24. The van der Waals surface area contributed by atoms with Crippen LogP contribution in [-0.2, 0) is 11.8 Å². The first kappa shape index (κ1) is 16.8. The SMILES string of the molecule is C=Cc1nn(C2CCCCO2)c2cc(F)c(-c3c(C)nn(C)c3O)cc12. The Bertz CT molecular complexity index is 999. The summed E-state index contributed by atoms with van der Waals surface area (Å²) < 4.78 is 23.9. The molecule has 0 saturated carbocycles. The summed E-state index contributed by atoms with van der Waals surface area (Å²) in [6.45, 7) is 6.25. The van der Waals surface area contributed by atoms with Gasteiger partial charge < -0.3 is 9.84 Å². The molecule has 3 heterocycles. The molecular weight excluding hydrogens is 335 g/mol. The van der Waals surface area contributed by atoms with Gasteiger partial charge in [-0.25, -0.2) is 13.8 Å². The predicted octanol–water partition coefficient (Wildman–Crippen LogP) is 3.93. The van der Waals surface area contributed by atoms with Crippen LogP contribution in [0.5, 0.6) is 5.88 Å². The van der Waals surface area contributed by atoms with Crippen molar-refractivity contribution in [3.63, 3.8) is 0 Å². The molecule has 0 aliphatic carbocycles. The van der Waals surface area contributed by atoms with Crippen LogP contribution in [0.15, 0.2) is 18.7 Å². The quantitative estimate of drug-likeness (QED) is 0.772. The molecule has 2 aromatic heterocycles. The smallest absolute Gasteiger partial charge is 0.217 e. The highest BCUT2D eigenvalue weighted by atomic mass is 19.1. The molecule has 1 aromatic carbocycles. The molecule has 1 fully saturated rings. The number of hydrogen-bond donors (Lipinski definition) is 1. The number of ether oxygens (including phenoxy) is 1. The topological polar surface area (TPSA) is 65.1 Å². The molecule has 0 spiro atoms. The lowest BCUT2D eigenvalue weighted by Crippen LogP contribution is -2.19. The van der Waals surface area contributed by atoms with E-state index in [9.17, 15) is 9.50 Å². The summed E-state index contributed by atoms with van der Waals surface area (Å²) in [5, 5.41) is 19.8. The van der Waals surface area contributed by atoms with Crippen LogP contribution in [0.4, 0.5) is 4.39 Å². The molecule has 136 valence electrons. The molecule has 1 aliphatic rings. The minimum Gasteiger partial charge on any atom is -0.493 e.